The molecule has 0 aliphatic carbocycles. The fourth-order valence-corrected chi connectivity index (χ4v) is 5.66. The molecule has 8 heteroatoms. The van der Waals surface area contributed by atoms with Crippen molar-refractivity contribution in [1.29, 1.82) is 0 Å². The summed E-state index contributed by atoms with van der Waals surface area (Å²) in [5.74, 6) is 0.0677. The van der Waals surface area contributed by atoms with Gasteiger partial charge in [-0.15, -0.1) is 0 Å². The van der Waals surface area contributed by atoms with Crippen molar-refractivity contribution in [3.05, 3.63) is 69.7 Å². The van der Waals surface area contributed by atoms with Gasteiger partial charge in [-0.2, -0.15) is 0 Å². The second-order valence-electron chi connectivity index (χ2n) is 7.94. The van der Waals surface area contributed by atoms with Crippen molar-refractivity contribution in [3.63, 3.8) is 0 Å². The Kier molecular flexibility index (Phi) is 9.57. The van der Waals surface area contributed by atoms with E-state index in [9.17, 15) is 13.8 Å². The third-order valence-corrected chi connectivity index (χ3v) is 7.73. The van der Waals surface area contributed by atoms with Crippen LogP contribution in [0, 0.1) is 0 Å². The number of carbonyl (C=O) groups is 2. The Morgan fingerprint density at radius 1 is 1.06 bits per heavy atom. The molecule has 3 rings (SSSR count). The summed E-state index contributed by atoms with van der Waals surface area (Å²) in [6.07, 6.45) is 5.08. The number of unbranched alkanes of at least 4 members (excludes halogenated alkanes) is 3. The van der Waals surface area contributed by atoms with Crippen LogP contribution in [-0.2, 0) is 32.6 Å². The topological polar surface area (TPSA) is 66.5 Å². The molecule has 0 spiro atoms. The van der Waals surface area contributed by atoms with Crippen LogP contribution in [0.2, 0.25) is 10.0 Å². The van der Waals surface area contributed by atoms with E-state index in [2.05, 4.69) is 5.32 Å². The predicted molar refractivity (Wildman–Crippen MR) is 130 cm³/mol. The highest BCUT2D eigenvalue weighted by Crippen LogP contribution is 2.24. The second kappa shape index (κ2) is 12.4. The summed E-state index contributed by atoms with van der Waals surface area (Å²) in [5, 5.41) is 3.83. The van der Waals surface area contributed by atoms with Crippen LogP contribution < -0.4 is 5.32 Å². The van der Waals surface area contributed by atoms with Gasteiger partial charge >= 0.3 is 0 Å². The maximum atomic E-state index is 12.6. The number of amides is 2. The summed E-state index contributed by atoms with van der Waals surface area (Å²) >= 11 is 12.1. The lowest BCUT2D eigenvalue weighted by atomic mass is 10.1. The third kappa shape index (κ3) is 7.32. The van der Waals surface area contributed by atoms with Gasteiger partial charge in [-0.1, -0.05) is 72.4 Å². The average molecular weight is 495 g/mol. The molecule has 0 aromatic heterocycles. The van der Waals surface area contributed by atoms with Crippen LogP contribution in [-0.4, -0.2) is 39.4 Å². The lowest BCUT2D eigenvalue weighted by molar-refractivity contribution is -0.145. The summed E-state index contributed by atoms with van der Waals surface area (Å²) in [7, 11) is -1.22. The number of halogens is 2. The van der Waals surface area contributed by atoms with E-state index in [-0.39, 0.29) is 30.2 Å². The number of benzene rings is 2. The molecule has 2 atom stereocenters. The van der Waals surface area contributed by atoms with E-state index in [1.54, 1.807) is 6.07 Å². The number of aryl methyl sites for hydroxylation is 1. The summed E-state index contributed by atoms with van der Waals surface area (Å²) < 4.78 is 12.6. The molecule has 5 nitrogen and oxygen atoms in total. The Morgan fingerprint density at radius 3 is 2.53 bits per heavy atom. The van der Waals surface area contributed by atoms with Crippen LogP contribution in [0.4, 0.5) is 0 Å². The number of β-lactam (4-membered cyclic amide) rings is 1. The number of hydrogen-bond donors (Lipinski definition) is 1. The fourth-order valence-electron chi connectivity index (χ4n) is 3.64. The first kappa shape index (κ1) is 24.7. The van der Waals surface area contributed by atoms with Crippen molar-refractivity contribution in [2.24, 2.45) is 0 Å². The van der Waals surface area contributed by atoms with E-state index in [1.165, 1.54) is 4.90 Å². The standard InChI is InChI=1S/C24H28Cl2N2O3S/c25-20-12-11-19(21(26)14-20)10-6-1-2-7-13-27-22(29)16-28-23(30)15-24(28)32(31)17-18-8-4-3-5-9-18/h3-5,8-9,11-12,14,24H,1-2,6-7,10,13,15-17H2,(H,27,29). The Morgan fingerprint density at radius 2 is 1.81 bits per heavy atom. The van der Waals surface area contributed by atoms with E-state index >= 15 is 0 Å². The van der Waals surface area contributed by atoms with Gasteiger partial charge in [0, 0.05) is 27.4 Å². The molecule has 1 fully saturated rings. The van der Waals surface area contributed by atoms with Crippen LogP contribution in [0.5, 0.6) is 0 Å². The van der Waals surface area contributed by atoms with Gasteiger partial charge < -0.3 is 10.2 Å². The highest BCUT2D eigenvalue weighted by Gasteiger charge is 2.40. The zero-order valence-corrected chi connectivity index (χ0v) is 20.2. The third-order valence-electron chi connectivity index (χ3n) is 5.50. The van der Waals surface area contributed by atoms with Gasteiger partial charge in [-0.3, -0.25) is 13.8 Å². The van der Waals surface area contributed by atoms with E-state index in [1.807, 2.05) is 42.5 Å². The van der Waals surface area contributed by atoms with Crippen molar-refractivity contribution < 1.29 is 13.8 Å². The molecular weight excluding hydrogens is 467 g/mol. The van der Waals surface area contributed by atoms with Crippen molar-refractivity contribution in [2.75, 3.05) is 13.1 Å². The molecule has 2 amide bonds. The van der Waals surface area contributed by atoms with Crippen LogP contribution in [0.3, 0.4) is 0 Å². The Bertz CT molecular complexity index is 956. The predicted octanol–water partition coefficient (Wildman–Crippen LogP) is 4.72. The number of likely N-dealkylation sites (tertiary alicyclic amines) is 1. The van der Waals surface area contributed by atoms with Crippen molar-refractivity contribution in [1.82, 2.24) is 10.2 Å². The number of carbonyl (C=O) groups excluding carboxylic acids is 2. The molecule has 0 bridgehead atoms. The zero-order valence-electron chi connectivity index (χ0n) is 17.9. The van der Waals surface area contributed by atoms with E-state index in [4.69, 9.17) is 23.2 Å². The van der Waals surface area contributed by atoms with Crippen LogP contribution >= 0.6 is 23.2 Å². The maximum absolute atomic E-state index is 12.6. The summed E-state index contributed by atoms with van der Waals surface area (Å²) in [6.45, 7) is 0.541. The molecule has 32 heavy (non-hydrogen) atoms. The van der Waals surface area contributed by atoms with Crippen LogP contribution in [0.1, 0.15) is 43.2 Å². The highest BCUT2D eigenvalue weighted by molar-refractivity contribution is 7.85. The SMILES string of the molecule is O=C(CN1C(=O)CC1S(=O)Cc1ccccc1)NCCCCCCc1ccc(Cl)cc1Cl. The number of nitrogens with zero attached hydrogens (tertiary/aromatic N) is 1. The molecule has 1 aliphatic rings. The Balaban J connectivity index is 1.29. The molecule has 0 radical (unpaired) electrons. The van der Waals surface area contributed by atoms with E-state index in [0.29, 0.717) is 22.3 Å². The van der Waals surface area contributed by atoms with Crippen molar-refractivity contribution in [3.8, 4) is 0 Å². The van der Waals surface area contributed by atoms with Crippen molar-refractivity contribution in [2.45, 2.75) is 49.7 Å². The number of hydrogen-bond acceptors (Lipinski definition) is 3. The van der Waals surface area contributed by atoms with E-state index in [0.717, 1.165) is 43.2 Å². The molecule has 1 heterocycles. The van der Waals surface area contributed by atoms with Gasteiger partial charge in [0.05, 0.1) is 12.2 Å². The number of nitrogens with one attached hydrogen (secondary N) is 1. The number of rotatable bonds is 12. The van der Waals surface area contributed by atoms with Crippen LogP contribution in [0.25, 0.3) is 0 Å². The van der Waals surface area contributed by atoms with Gasteiger partial charge in [0.1, 0.15) is 11.9 Å². The molecule has 0 saturated carbocycles. The van der Waals surface area contributed by atoms with Gasteiger partial charge in [0.15, 0.2) is 0 Å². The summed E-state index contributed by atoms with van der Waals surface area (Å²) in [6, 6.07) is 15.1. The largest absolute Gasteiger partial charge is 0.355 e. The Labute approximate surface area is 201 Å². The van der Waals surface area contributed by atoms with Crippen LogP contribution in [0.15, 0.2) is 48.5 Å². The normalized spacial score (nSPS) is 16.5. The average Bonchev–Trinajstić information content (AvgIpc) is 2.77. The molecule has 2 aromatic rings. The maximum Gasteiger partial charge on any atom is 0.239 e. The summed E-state index contributed by atoms with van der Waals surface area (Å²) in [5.41, 5.74) is 2.07. The zero-order chi connectivity index (χ0) is 22.9. The molecule has 1 saturated heterocycles. The Hall–Kier alpha value is -1.89. The van der Waals surface area contributed by atoms with Crippen molar-refractivity contribution >= 4 is 45.8 Å². The lowest BCUT2D eigenvalue weighted by Crippen LogP contribution is -2.57. The monoisotopic (exact) mass is 494 g/mol. The summed E-state index contributed by atoms with van der Waals surface area (Å²) in [4.78, 5) is 25.6. The van der Waals surface area contributed by atoms with Gasteiger partial charge in [0.25, 0.3) is 0 Å². The first-order chi connectivity index (χ1) is 15.4. The first-order valence-corrected chi connectivity index (χ1v) is 13.0. The molecule has 1 aliphatic heterocycles. The molecule has 172 valence electrons. The molecule has 1 N–H and O–H groups in total. The second-order valence-corrected chi connectivity index (χ2v) is 10.4. The van der Waals surface area contributed by atoms with Gasteiger partial charge in [-0.05, 0) is 42.5 Å². The first-order valence-electron chi connectivity index (χ1n) is 10.9. The minimum absolute atomic E-state index is 0.0287. The van der Waals surface area contributed by atoms with E-state index < -0.39 is 10.8 Å². The molecular formula is C24H28Cl2N2O3S. The fraction of sp³-hybridized carbons (Fsp3) is 0.417. The van der Waals surface area contributed by atoms with Gasteiger partial charge in [-0.25, -0.2) is 0 Å². The lowest BCUT2D eigenvalue weighted by Gasteiger charge is -2.39. The minimum atomic E-state index is -1.22. The quantitative estimate of drug-likeness (QED) is 0.342. The smallest absolute Gasteiger partial charge is 0.239 e. The van der Waals surface area contributed by atoms with Gasteiger partial charge in [0.2, 0.25) is 11.8 Å². The molecule has 2 aromatic carbocycles. The molecule has 2 unspecified atom stereocenters. The minimum Gasteiger partial charge on any atom is -0.355 e. The highest BCUT2D eigenvalue weighted by atomic mass is 35.5.